The number of nitrogens with zero attached hydrogens (tertiary/aromatic N) is 3. The van der Waals surface area contributed by atoms with Crippen molar-refractivity contribution in [2.24, 2.45) is 0 Å². The number of rotatable bonds is 7. The van der Waals surface area contributed by atoms with Crippen molar-refractivity contribution in [2.75, 3.05) is 13.7 Å². The van der Waals surface area contributed by atoms with Crippen molar-refractivity contribution < 1.29 is 14.1 Å². The smallest absolute Gasteiger partial charge is 0.305 e. The predicted molar refractivity (Wildman–Crippen MR) is 105 cm³/mol. The maximum atomic E-state index is 11.2. The Morgan fingerprint density at radius 2 is 2.25 bits per heavy atom. The second-order valence-corrected chi connectivity index (χ2v) is 7.33. The fraction of sp³-hybridized carbons (Fsp3) is 0.476. The molecule has 0 radical (unpaired) electrons. The van der Waals surface area contributed by atoms with Crippen LogP contribution in [-0.4, -0.2) is 39.6 Å². The third-order valence-corrected chi connectivity index (χ3v) is 5.38. The number of esters is 1. The second kappa shape index (κ2) is 8.56. The van der Waals surface area contributed by atoms with E-state index in [0.717, 1.165) is 13.0 Å². The van der Waals surface area contributed by atoms with Crippen LogP contribution in [-0.2, 0) is 22.5 Å². The van der Waals surface area contributed by atoms with Crippen LogP contribution in [0.1, 0.15) is 55.6 Å². The molecule has 1 aliphatic rings. The number of para-hydroxylation sites is 1. The van der Waals surface area contributed by atoms with Gasteiger partial charge in [-0.3, -0.25) is 9.69 Å². The molecule has 1 fully saturated rings. The minimum Gasteiger partial charge on any atom is -0.469 e. The molecule has 0 unspecified atom stereocenters. The summed E-state index contributed by atoms with van der Waals surface area (Å²) in [5, 5.41) is 5.39. The first-order valence-corrected chi connectivity index (χ1v) is 9.93. The molecule has 3 heterocycles. The lowest BCUT2D eigenvalue weighted by Crippen LogP contribution is -2.33. The van der Waals surface area contributed by atoms with E-state index in [0.29, 0.717) is 43.6 Å². The molecule has 4 rings (SSSR count). The monoisotopic (exact) mass is 382 g/mol. The highest BCUT2D eigenvalue weighted by Gasteiger charge is 2.26. The maximum Gasteiger partial charge on any atom is 0.305 e. The van der Waals surface area contributed by atoms with Crippen molar-refractivity contribution >= 4 is 16.9 Å². The number of likely N-dealkylation sites (tertiary alicyclic amines) is 1. The van der Waals surface area contributed by atoms with Gasteiger partial charge in [0, 0.05) is 24.1 Å². The van der Waals surface area contributed by atoms with E-state index in [4.69, 9.17) is 4.52 Å². The first-order chi connectivity index (χ1) is 13.7. The third-order valence-electron chi connectivity index (χ3n) is 5.38. The van der Waals surface area contributed by atoms with Gasteiger partial charge in [0.15, 0.2) is 5.82 Å². The molecular formula is C21H26N4O3. The van der Waals surface area contributed by atoms with Crippen LogP contribution in [0.15, 0.2) is 34.9 Å². The van der Waals surface area contributed by atoms with Gasteiger partial charge >= 0.3 is 5.97 Å². The number of H-pyrrole nitrogens is 1. The van der Waals surface area contributed by atoms with Gasteiger partial charge in [-0.25, -0.2) is 0 Å². The molecule has 1 aromatic carbocycles. The van der Waals surface area contributed by atoms with E-state index in [9.17, 15) is 4.79 Å². The number of aryl methyl sites for hydroxylation is 1. The molecule has 0 spiro atoms. The highest BCUT2D eigenvalue weighted by Crippen LogP contribution is 2.33. The standard InChI is InChI=1S/C21H26N4O3/c1-27-21(26)11-6-10-20-23-19(24-28-20)14-25-12-5-4-9-18(25)17-13-15-7-2-3-8-16(15)22-17/h2-3,7-8,13,18,22H,4-6,9-12,14H2,1H3/t18-/m1/s1. The summed E-state index contributed by atoms with van der Waals surface area (Å²) in [5.74, 6) is 1.07. The molecule has 0 saturated carbocycles. The number of carbonyl (C=O) groups excluding carboxylic acids is 1. The van der Waals surface area contributed by atoms with E-state index in [2.05, 4.69) is 55.1 Å². The van der Waals surface area contributed by atoms with Gasteiger partial charge in [-0.1, -0.05) is 29.8 Å². The minimum atomic E-state index is -0.214. The highest BCUT2D eigenvalue weighted by atomic mass is 16.5. The van der Waals surface area contributed by atoms with Crippen LogP contribution in [0.25, 0.3) is 10.9 Å². The summed E-state index contributed by atoms with van der Waals surface area (Å²) in [6.07, 6.45) is 5.13. The number of aromatic amines is 1. The van der Waals surface area contributed by atoms with Crippen molar-refractivity contribution in [1.29, 1.82) is 0 Å². The second-order valence-electron chi connectivity index (χ2n) is 7.33. The number of hydrogen-bond donors (Lipinski definition) is 1. The van der Waals surface area contributed by atoms with Crippen LogP contribution in [0.5, 0.6) is 0 Å². The zero-order valence-electron chi connectivity index (χ0n) is 16.2. The van der Waals surface area contributed by atoms with Crippen molar-refractivity contribution in [2.45, 2.75) is 51.1 Å². The zero-order chi connectivity index (χ0) is 19.3. The number of piperidine rings is 1. The average Bonchev–Trinajstić information content (AvgIpc) is 3.35. The Morgan fingerprint density at radius 1 is 1.36 bits per heavy atom. The Balaban J connectivity index is 1.42. The van der Waals surface area contributed by atoms with Gasteiger partial charge in [0.25, 0.3) is 0 Å². The maximum absolute atomic E-state index is 11.2. The van der Waals surface area contributed by atoms with Gasteiger partial charge in [-0.2, -0.15) is 4.98 Å². The van der Waals surface area contributed by atoms with Crippen LogP contribution in [0, 0.1) is 0 Å². The number of methoxy groups -OCH3 is 1. The Labute approximate surface area is 164 Å². The molecule has 7 nitrogen and oxygen atoms in total. The van der Waals surface area contributed by atoms with E-state index in [1.54, 1.807) is 0 Å². The number of fused-ring (bicyclic) bond motifs is 1. The van der Waals surface area contributed by atoms with Gasteiger partial charge in [0.2, 0.25) is 5.89 Å². The first-order valence-electron chi connectivity index (χ1n) is 9.93. The third kappa shape index (κ3) is 4.25. The Kier molecular flexibility index (Phi) is 5.71. The largest absolute Gasteiger partial charge is 0.469 e. The van der Waals surface area contributed by atoms with Gasteiger partial charge < -0.3 is 14.2 Å². The quantitative estimate of drug-likeness (QED) is 0.626. The van der Waals surface area contributed by atoms with E-state index < -0.39 is 0 Å². The number of carbonyl (C=O) groups is 1. The SMILES string of the molecule is COC(=O)CCCc1nc(CN2CCCC[C@@H]2c2cc3ccccc3[nH]2)no1. The molecule has 28 heavy (non-hydrogen) atoms. The normalized spacial score (nSPS) is 17.8. The number of aromatic nitrogens is 3. The molecule has 2 aromatic heterocycles. The summed E-state index contributed by atoms with van der Waals surface area (Å²) in [4.78, 5) is 21.7. The molecule has 1 saturated heterocycles. The van der Waals surface area contributed by atoms with E-state index in [1.165, 1.54) is 36.5 Å². The number of benzene rings is 1. The Bertz CT molecular complexity index is 900. The van der Waals surface area contributed by atoms with Gasteiger partial charge in [-0.15, -0.1) is 0 Å². The van der Waals surface area contributed by atoms with Crippen LogP contribution in [0.4, 0.5) is 0 Å². The van der Waals surface area contributed by atoms with Crippen molar-refractivity contribution in [3.8, 4) is 0 Å². The molecule has 1 atom stereocenters. The topological polar surface area (TPSA) is 84.2 Å². The predicted octanol–water partition coefficient (Wildman–Crippen LogP) is 3.77. The number of nitrogens with one attached hydrogen (secondary N) is 1. The molecule has 0 amide bonds. The summed E-state index contributed by atoms with van der Waals surface area (Å²) < 4.78 is 10.0. The van der Waals surface area contributed by atoms with Crippen molar-refractivity contribution in [3.63, 3.8) is 0 Å². The lowest BCUT2D eigenvalue weighted by molar-refractivity contribution is -0.140. The van der Waals surface area contributed by atoms with Crippen LogP contribution in [0.3, 0.4) is 0 Å². The fourth-order valence-corrected chi connectivity index (χ4v) is 3.93. The van der Waals surface area contributed by atoms with Crippen molar-refractivity contribution in [1.82, 2.24) is 20.0 Å². The van der Waals surface area contributed by atoms with Crippen LogP contribution in [0.2, 0.25) is 0 Å². The Hall–Kier alpha value is -2.67. The minimum absolute atomic E-state index is 0.214. The van der Waals surface area contributed by atoms with Crippen LogP contribution >= 0.6 is 0 Å². The molecule has 7 heteroatoms. The lowest BCUT2D eigenvalue weighted by Gasteiger charge is -2.34. The molecule has 1 aliphatic heterocycles. The van der Waals surface area contributed by atoms with Gasteiger partial charge in [0.05, 0.1) is 19.7 Å². The molecule has 148 valence electrons. The molecular weight excluding hydrogens is 356 g/mol. The van der Waals surface area contributed by atoms with Crippen molar-refractivity contribution in [3.05, 3.63) is 47.7 Å². The summed E-state index contributed by atoms with van der Waals surface area (Å²) >= 11 is 0. The number of ether oxygens (including phenoxy) is 1. The average molecular weight is 382 g/mol. The first kappa shape index (κ1) is 18.7. The van der Waals surface area contributed by atoms with Gasteiger partial charge in [-0.05, 0) is 43.3 Å². The molecule has 0 aliphatic carbocycles. The molecule has 1 N–H and O–H groups in total. The van der Waals surface area contributed by atoms with E-state index in [1.807, 2.05) is 0 Å². The highest BCUT2D eigenvalue weighted by molar-refractivity contribution is 5.80. The zero-order valence-corrected chi connectivity index (χ0v) is 16.2. The molecule has 0 bridgehead atoms. The van der Waals surface area contributed by atoms with Crippen LogP contribution < -0.4 is 0 Å². The summed E-state index contributed by atoms with van der Waals surface area (Å²) in [7, 11) is 1.40. The Morgan fingerprint density at radius 3 is 3.11 bits per heavy atom. The van der Waals surface area contributed by atoms with E-state index >= 15 is 0 Å². The van der Waals surface area contributed by atoms with E-state index in [-0.39, 0.29) is 5.97 Å². The summed E-state index contributed by atoms with van der Waals surface area (Å²) in [6.45, 7) is 1.69. The molecule has 3 aromatic rings. The van der Waals surface area contributed by atoms with Gasteiger partial charge in [0.1, 0.15) is 0 Å². The number of hydrogen-bond acceptors (Lipinski definition) is 6. The summed E-state index contributed by atoms with van der Waals surface area (Å²) in [6, 6.07) is 11.0. The lowest BCUT2D eigenvalue weighted by atomic mass is 9.99. The fourth-order valence-electron chi connectivity index (χ4n) is 3.93. The summed E-state index contributed by atoms with van der Waals surface area (Å²) in [5.41, 5.74) is 2.43.